The first kappa shape index (κ1) is 36.9. The van der Waals surface area contributed by atoms with Crippen LogP contribution in [-0.2, 0) is 21.6 Å². The van der Waals surface area contributed by atoms with Crippen molar-refractivity contribution < 1.29 is 23.8 Å². The maximum atomic E-state index is 12.6. The smallest absolute Gasteiger partial charge is 0.410 e. The Labute approximate surface area is 325 Å². The Bertz CT molecular complexity index is 2470. The van der Waals surface area contributed by atoms with Gasteiger partial charge in [-0.3, -0.25) is 14.7 Å². The monoisotopic (exact) mass is 751 g/mol. The molecule has 0 saturated carbocycles. The minimum absolute atomic E-state index is 0.140. The molecule has 0 spiro atoms. The maximum absolute atomic E-state index is 12.6. The molecular weight excluding hydrogens is 707 g/mol. The SMILES string of the molecule is Cc1ccccc1C1=CC=CC(Nc2nccc3cc(C4CN(C(=O)OC(C)(C)C)C4)cnc23)(c2nc3cc(CN4CC[C@@H](C(=O)O)C4)cc(C#N)c3o2)C1C. The molecule has 2 aliphatic heterocycles. The van der Waals surface area contributed by atoms with E-state index in [1.54, 1.807) is 11.1 Å². The number of hydrogen-bond donors (Lipinski definition) is 2. The predicted octanol–water partition coefficient (Wildman–Crippen LogP) is 7.79. The summed E-state index contributed by atoms with van der Waals surface area (Å²) in [4.78, 5) is 42.9. The van der Waals surface area contributed by atoms with Crippen LogP contribution in [0.15, 0.2) is 83.6 Å². The van der Waals surface area contributed by atoms with Crippen LogP contribution in [0.5, 0.6) is 0 Å². The van der Waals surface area contributed by atoms with Gasteiger partial charge in [0.1, 0.15) is 28.2 Å². The van der Waals surface area contributed by atoms with Crippen LogP contribution in [0.25, 0.3) is 27.6 Å². The van der Waals surface area contributed by atoms with E-state index in [2.05, 4.69) is 54.4 Å². The Hall–Kier alpha value is -6.06. The Morgan fingerprint density at radius 3 is 2.66 bits per heavy atom. The summed E-state index contributed by atoms with van der Waals surface area (Å²) in [6, 6.07) is 18.4. The highest BCUT2D eigenvalue weighted by molar-refractivity contribution is 5.90. The molecule has 0 radical (unpaired) electrons. The Kier molecular flexibility index (Phi) is 9.37. The molecule has 3 aromatic heterocycles. The number of hydrogen-bond acceptors (Lipinski definition) is 10. The Morgan fingerprint density at radius 1 is 1.12 bits per heavy atom. The first-order valence-electron chi connectivity index (χ1n) is 19.1. The second kappa shape index (κ2) is 14.2. The van der Waals surface area contributed by atoms with Gasteiger partial charge in [-0.1, -0.05) is 43.3 Å². The number of carbonyl (C=O) groups excluding carboxylic acids is 1. The van der Waals surface area contributed by atoms with Gasteiger partial charge in [-0.25, -0.2) is 14.8 Å². The molecule has 2 aromatic carbocycles. The zero-order valence-electron chi connectivity index (χ0n) is 32.2. The van der Waals surface area contributed by atoms with E-state index < -0.39 is 23.0 Å². The number of rotatable bonds is 8. The van der Waals surface area contributed by atoms with E-state index in [0.29, 0.717) is 73.0 Å². The molecule has 3 atom stereocenters. The fraction of sp³-hybridized carbons (Fsp3) is 0.364. The molecule has 12 nitrogen and oxygen atoms in total. The summed E-state index contributed by atoms with van der Waals surface area (Å²) < 4.78 is 12.2. The maximum Gasteiger partial charge on any atom is 0.410 e. The standard InChI is InChI=1S/C44H45N7O5/c1-26-9-6-7-10-34(26)35-11-8-14-44(27(35)2,41-48-36-18-28(17-31(20-45)38(36)55-41)22-50-16-13-30(23-50)40(52)53)49-39-37-29(12-15-46-39)19-32(21-47-37)33-24-51(25-33)42(54)56-43(3,4)5/h6-12,14-15,17-19,21,27,30,33H,13,16,22-25H2,1-5H3,(H,46,49)(H,52,53)/t27?,30-,44?/m1/s1. The van der Waals surface area contributed by atoms with Crippen molar-refractivity contribution in [2.75, 3.05) is 31.5 Å². The van der Waals surface area contributed by atoms with Crippen LogP contribution in [-0.4, -0.2) is 73.7 Å². The van der Waals surface area contributed by atoms with E-state index >= 15 is 0 Å². The number of allylic oxidation sites excluding steroid dienone is 2. The van der Waals surface area contributed by atoms with Gasteiger partial charge < -0.3 is 24.5 Å². The molecule has 2 N–H and O–H groups in total. The molecule has 5 aromatic rings. The summed E-state index contributed by atoms with van der Waals surface area (Å²) in [5.74, 6) is -0.342. The fourth-order valence-electron chi connectivity index (χ4n) is 8.15. The number of carboxylic acids is 1. The van der Waals surface area contributed by atoms with Gasteiger partial charge in [-0.15, -0.1) is 0 Å². The molecule has 286 valence electrons. The Balaban J connectivity index is 1.16. The number of aryl methyl sites for hydroxylation is 1. The lowest BCUT2D eigenvalue weighted by Crippen LogP contribution is -2.50. The third-order valence-electron chi connectivity index (χ3n) is 11.2. The van der Waals surface area contributed by atoms with E-state index in [-0.39, 0.29) is 17.9 Å². The third-order valence-corrected chi connectivity index (χ3v) is 11.2. The van der Waals surface area contributed by atoms with Crippen LogP contribution in [0.2, 0.25) is 0 Å². The number of oxazole rings is 1. The van der Waals surface area contributed by atoms with Gasteiger partial charge in [0.25, 0.3) is 0 Å². The average molecular weight is 752 g/mol. The molecule has 3 aliphatic rings. The number of pyridine rings is 2. The van der Waals surface area contributed by atoms with E-state index in [4.69, 9.17) is 24.1 Å². The number of aliphatic carboxylic acids is 1. The number of likely N-dealkylation sites (tertiary alicyclic amines) is 2. The van der Waals surface area contributed by atoms with E-state index in [1.165, 1.54) is 0 Å². The fourth-order valence-corrected chi connectivity index (χ4v) is 8.15. The average Bonchev–Trinajstić information content (AvgIpc) is 3.79. The highest BCUT2D eigenvalue weighted by atomic mass is 16.6. The van der Waals surface area contributed by atoms with Gasteiger partial charge in [-0.05, 0) is 98.8 Å². The molecule has 56 heavy (non-hydrogen) atoms. The summed E-state index contributed by atoms with van der Waals surface area (Å²) in [5, 5.41) is 24.5. The van der Waals surface area contributed by atoms with Crippen molar-refractivity contribution in [2.45, 2.75) is 64.6 Å². The van der Waals surface area contributed by atoms with E-state index in [9.17, 15) is 20.0 Å². The summed E-state index contributed by atoms with van der Waals surface area (Å²) in [5.41, 5.74) is 5.59. The molecule has 5 heterocycles. The predicted molar refractivity (Wildman–Crippen MR) is 213 cm³/mol. The molecule has 2 unspecified atom stereocenters. The highest BCUT2D eigenvalue weighted by Gasteiger charge is 2.45. The van der Waals surface area contributed by atoms with E-state index in [0.717, 1.165) is 33.2 Å². The zero-order valence-corrected chi connectivity index (χ0v) is 32.2. The topological polar surface area (TPSA) is 158 Å². The lowest BCUT2D eigenvalue weighted by atomic mass is 9.73. The minimum atomic E-state index is -1.05. The lowest BCUT2D eigenvalue weighted by Gasteiger charge is -2.40. The number of fused-ring (bicyclic) bond motifs is 2. The first-order valence-corrected chi connectivity index (χ1v) is 19.1. The quantitative estimate of drug-likeness (QED) is 0.159. The van der Waals surface area contributed by atoms with Gasteiger partial charge in [0, 0.05) is 55.8 Å². The number of anilines is 1. The van der Waals surface area contributed by atoms with Gasteiger partial charge >= 0.3 is 12.1 Å². The molecule has 1 amide bonds. The van der Waals surface area contributed by atoms with Crippen LogP contribution in [0.3, 0.4) is 0 Å². The van der Waals surface area contributed by atoms with Crippen molar-refractivity contribution in [1.82, 2.24) is 24.8 Å². The van der Waals surface area contributed by atoms with Gasteiger partial charge in [0.05, 0.1) is 11.5 Å². The minimum Gasteiger partial charge on any atom is -0.481 e. The second-order valence-electron chi connectivity index (χ2n) is 16.3. The van der Waals surface area contributed by atoms with Crippen molar-refractivity contribution in [1.29, 1.82) is 5.26 Å². The number of ether oxygens (including phenoxy) is 1. The molecule has 8 rings (SSSR count). The summed E-state index contributed by atoms with van der Waals surface area (Å²) in [7, 11) is 0. The molecule has 1 aliphatic carbocycles. The van der Waals surface area contributed by atoms with Crippen molar-refractivity contribution in [2.24, 2.45) is 11.8 Å². The summed E-state index contributed by atoms with van der Waals surface area (Å²) >= 11 is 0. The van der Waals surface area contributed by atoms with Crippen molar-refractivity contribution >= 4 is 45.5 Å². The zero-order chi connectivity index (χ0) is 39.4. The van der Waals surface area contributed by atoms with Crippen molar-refractivity contribution in [3.05, 3.63) is 113 Å². The van der Waals surface area contributed by atoms with Crippen LogP contribution < -0.4 is 5.32 Å². The van der Waals surface area contributed by atoms with Crippen LogP contribution >= 0.6 is 0 Å². The van der Waals surface area contributed by atoms with Crippen molar-refractivity contribution in [3.63, 3.8) is 0 Å². The number of carbonyl (C=O) groups is 2. The van der Waals surface area contributed by atoms with Gasteiger partial charge in [-0.2, -0.15) is 5.26 Å². The summed E-state index contributed by atoms with van der Waals surface area (Å²) in [6.07, 6.45) is 10.1. The molecule has 0 bridgehead atoms. The first-order chi connectivity index (χ1) is 26.8. The molecular formula is C44H45N7O5. The molecule has 2 fully saturated rings. The number of aromatic nitrogens is 3. The number of nitrogens with zero attached hydrogens (tertiary/aromatic N) is 6. The highest BCUT2D eigenvalue weighted by Crippen LogP contribution is 2.46. The van der Waals surface area contributed by atoms with Crippen LogP contribution in [0, 0.1) is 30.1 Å². The Morgan fingerprint density at radius 2 is 1.93 bits per heavy atom. The number of amides is 1. The normalized spacial score (nSPS) is 21.5. The number of nitriles is 1. The second-order valence-corrected chi connectivity index (χ2v) is 16.3. The summed E-state index contributed by atoms with van der Waals surface area (Å²) in [6.45, 7) is 12.6. The third kappa shape index (κ3) is 6.88. The largest absolute Gasteiger partial charge is 0.481 e. The lowest BCUT2D eigenvalue weighted by molar-refractivity contribution is -0.141. The molecule has 2 saturated heterocycles. The van der Waals surface area contributed by atoms with Gasteiger partial charge in [0.2, 0.25) is 5.89 Å². The van der Waals surface area contributed by atoms with Gasteiger partial charge in [0.15, 0.2) is 11.4 Å². The number of benzene rings is 2. The van der Waals surface area contributed by atoms with Crippen LogP contribution in [0.1, 0.15) is 73.7 Å². The number of nitrogens with one attached hydrogen (secondary N) is 1. The molecule has 12 heteroatoms. The van der Waals surface area contributed by atoms with Crippen LogP contribution in [0.4, 0.5) is 10.6 Å². The van der Waals surface area contributed by atoms with E-state index in [1.807, 2.05) is 69.5 Å². The van der Waals surface area contributed by atoms with Crippen molar-refractivity contribution in [3.8, 4) is 6.07 Å². The number of carboxylic acid groups (broad SMARTS) is 1.